The van der Waals surface area contributed by atoms with Gasteiger partial charge < -0.3 is 25.6 Å². The largest absolute Gasteiger partial charge is 0.394 e. The minimum Gasteiger partial charge on any atom is -0.394 e. The average Bonchev–Trinajstić information content (AvgIpc) is 2.80. The van der Waals surface area contributed by atoms with Gasteiger partial charge in [0.25, 0.3) is 5.91 Å². The quantitative estimate of drug-likeness (QED) is 0.527. The van der Waals surface area contributed by atoms with Gasteiger partial charge in [-0.2, -0.15) is 0 Å². The molecular weight excluding hydrogens is 260 g/mol. The molecular formula is C14H18N2O4. The number of para-hydroxylation sites is 1. The molecule has 0 aliphatic carbocycles. The Bertz CT molecular complexity index is 608. The summed E-state index contributed by atoms with van der Waals surface area (Å²) in [5, 5.41) is 31.0. The molecule has 0 fully saturated rings. The molecule has 0 atom stereocenters. The lowest BCUT2D eigenvalue weighted by Crippen LogP contribution is -2.57. The van der Waals surface area contributed by atoms with Crippen LogP contribution in [0.25, 0.3) is 10.9 Å². The van der Waals surface area contributed by atoms with Gasteiger partial charge in [0.2, 0.25) is 0 Å². The molecule has 0 spiro atoms. The van der Waals surface area contributed by atoms with Gasteiger partial charge in [0.05, 0.1) is 25.4 Å². The number of aromatic nitrogens is 1. The number of aliphatic hydroxyl groups is 3. The second kappa shape index (κ2) is 5.62. The summed E-state index contributed by atoms with van der Waals surface area (Å²) in [7, 11) is 0. The lowest BCUT2D eigenvalue weighted by Gasteiger charge is -2.28. The number of fused-ring (bicyclic) bond motifs is 1. The summed E-state index contributed by atoms with van der Waals surface area (Å²) < 4.78 is 0. The molecule has 20 heavy (non-hydrogen) atoms. The monoisotopic (exact) mass is 278 g/mol. The molecule has 5 N–H and O–H groups in total. The van der Waals surface area contributed by atoms with Crippen molar-refractivity contribution in [3.05, 3.63) is 35.5 Å². The number of carbonyl (C=O) groups is 1. The molecule has 0 aliphatic heterocycles. The molecule has 2 aromatic rings. The fourth-order valence-electron chi connectivity index (χ4n) is 2.14. The van der Waals surface area contributed by atoms with E-state index in [-0.39, 0.29) is 0 Å². The van der Waals surface area contributed by atoms with Gasteiger partial charge in [-0.1, -0.05) is 18.2 Å². The molecule has 2 rings (SSSR count). The van der Waals surface area contributed by atoms with Crippen molar-refractivity contribution in [1.82, 2.24) is 10.3 Å². The fourth-order valence-corrected chi connectivity index (χ4v) is 2.14. The molecule has 0 saturated heterocycles. The first-order valence-corrected chi connectivity index (χ1v) is 6.29. The number of H-pyrrole nitrogens is 1. The molecule has 0 radical (unpaired) electrons. The van der Waals surface area contributed by atoms with Crippen molar-refractivity contribution in [1.29, 1.82) is 0 Å². The normalized spacial score (nSPS) is 11.8. The number of aromatic amines is 1. The number of aliphatic hydroxyl groups excluding tert-OH is 3. The van der Waals surface area contributed by atoms with Crippen LogP contribution in [0.1, 0.15) is 16.1 Å². The van der Waals surface area contributed by atoms with E-state index in [0.29, 0.717) is 11.3 Å². The molecule has 108 valence electrons. The van der Waals surface area contributed by atoms with Gasteiger partial charge in [0, 0.05) is 16.6 Å². The third kappa shape index (κ3) is 2.40. The van der Waals surface area contributed by atoms with Crippen molar-refractivity contribution in [2.75, 3.05) is 19.8 Å². The Morgan fingerprint density at radius 3 is 2.40 bits per heavy atom. The molecule has 1 amide bonds. The number of hydrogen-bond acceptors (Lipinski definition) is 4. The van der Waals surface area contributed by atoms with E-state index >= 15 is 0 Å². The van der Waals surface area contributed by atoms with Crippen LogP contribution in [0.2, 0.25) is 0 Å². The van der Waals surface area contributed by atoms with E-state index in [1.54, 1.807) is 6.92 Å². The van der Waals surface area contributed by atoms with E-state index in [2.05, 4.69) is 10.3 Å². The highest BCUT2D eigenvalue weighted by Crippen LogP contribution is 2.22. The summed E-state index contributed by atoms with van der Waals surface area (Å²) in [4.78, 5) is 15.5. The standard InChI is InChI=1S/C14H18N2O4/c1-9-12(10-4-2-3-5-11(10)15-9)13(20)16-14(6-17,7-18)8-19/h2-5,15,17-19H,6-8H2,1H3,(H,16,20). The molecule has 0 saturated carbocycles. The number of amides is 1. The second-order valence-corrected chi connectivity index (χ2v) is 4.88. The highest BCUT2D eigenvalue weighted by Gasteiger charge is 2.31. The highest BCUT2D eigenvalue weighted by molar-refractivity contribution is 6.08. The van der Waals surface area contributed by atoms with Crippen molar-refractivity contribution >= 4 is 16.8 Å². The van der Waals surface area contributed by atoms with Crippen LogP contribution in [0.4, 0.5) is 0 Å². The van der Waals surface area contributed by atoms with Gasteiger partial charge >= 0.3 is 0 Å². The van der Waals surface area contributed by atoms with Crippen LogP contribution < -0.4 is 5.32 Å². The van der Waals surface area contributed by atoms with Crippen LogP contribution in [-0.4, -0.2) is 51.6 Å². The summed E-state index contributed by atoms with van der Waals surface area (Å²) in [6, 6.07) is 7.35. The summed E-state index contributed by atoms with van der Waals surface area (Å²) in [6.45, 7) is 0.126. The van der Waals surface area contributed by atoms with E-state index in [0.717, 1.165) is 10.9 Å². The Labute approximate surface area is 116 Å². The topological polar surface area (TPSA) is 106 Å². The van der Waals surface area contributed by atoms with Crippen LogP contribution in [0.5, 0.6) is 0 Å². The number of hydrogen-bond donors (Lipinski definition) is 5. The molecule has 0 bridgehead atoms. The second-order valence-electron chi connectivity index (χ2n) is 4.88. The molecule has 6 nitrogen and oxygen atoms in total. The number of nitrogens with one attached hydrogen (secondary N) is 2. The zero-order chi connectivity index (χ0) is 14.8. The molecule has 0 unspecified atom stereocenters. The van der Waals surface area contributed by atoms with E-state index in [1.165, 1.54) is 0 Å². The zero-order valence-electron chi connectivity index (χ0n) is 11.2. The van der Waals surface area contributed by atoms with E-state index < -0.39 is 31.3 Å². The SMILES string of the molecule is Cc1[nH]c2ccccc2c1C(=O)NC(CO)(CO)CO. The molecule has 0 aliphatic rings. The maximum absolute atomic E-state index is 12.4. The van der Waals surface area contributed by atoms with Gasteiger partial charge in [-0.3, -0.25) is 4.79 Å². The Hall–Kier alpha value is -1.89. The van der Waals surface area contributed by atoms with Gasteiger partial charge in [0.1, 0.15) is 5.54 Å². The predicted octanol–water partition coefficient (Wildman–Crippen LogP) is -0.0782. The molecule has 1 aromatic carbocycles. The first-order chi connectivity index (χ1) is 9.56. The molecule has 6 heteroatoms. The molecule has 1 heterocycles. The van der Waals surface area contributed by atoms with Crippen LogP contribution in [-0.2, 0) is 0 Å². The van der Waals surface area contributed by atoms with Crippen LogP contribution in [0, 0.1) is 6.92 Å². The summed E-state index contributed by atoms with van der Waals surface area (Å²) in [5.41, 5.74) is 0.534. The van der Waals surface area contributed by atoms with Crippen molar-refractivity contribution in [3.8, 4) is 0 Å². The van der Waals surface area contributed by atoms with Crippen molar-refractivity contribution < 1.29 is 20.1 Å². The van der Waals surface area contributed by atoms with E-state index in [4.69, 9.17) is 0 Å². The van der Waals surface area contributed by atoms with Crippen LogP contribution in [0.3, 0.4) is 0 Å². The number of aryl methyl sites for hydroxylation is 1. The predicted molar refractivity (Wildman–Crippen MR) is 74.5 cm³/mol. The minimum absolute atomic E-state index is 0.445. The lowest BCUT2D eigenvalue weighted by atomic mass is 10.0. The number of carbonyl (C=O) groups excluding carboxylic acids is 1. The first kappa shape index (κ1) is 14.5. The Morgan fingerprint density at radius 2 is 1.80 bits per heavy atom. The van der Waals surface area contributed by atoms with Gasteiger partial charge in [-0.15, -0.1) is 0 Å². The summed E-state index contributed by atoms with van der Waals surface area (Å²) in [6.07, 6.45) is 0. The van der Waals surface area contributed by atoms with Gasteiger partial charge in [0.15, 0.2) is 0 Å². The Balaban J connectivity index is 2.39. The maximum Gasteiger partial charge on any atom is 0.254 e. The fraction of sp³-hybridized carbons (Fsp3) is 0.357. The van der Waals surface area contributed by atoms with Crippen molar-refractivity contribution in [3.63, 3.8) is 0 Å². The third-order valence-electron chi connectivity index (χ3n) is 3.41. The van der Waals surface area contributed by atoms with Gasteiger partial charge in [-0.25, -0.2) is 0 Å². The Morgan fingerprint density at radius 1 is 1.20 bits per heavy atom. The maximum atomic E-state index is 12.4. The van der Waals surface area contributed by atoms with E-state index in [1.807, 2.05) is 24.3 Å². The van der Waals surface area contributed by atoms with Crippen molar-refractivity contribution in [2.24, 2.45) is 0 Å². The Kier molecular flexibility index (Phi) is 4.08. The number of benzene rings is 1. The summed E-state index contributed by atoms with van der Waals surface area (Å²) >= 11 is 0. The zero-order valence-corrected chi connectivity index (χ0v) is 11.2. The lowest BCUT2D eigenvalue weighted by molar-refractivity contribution is 0.0376. The average molecular weight is 278 g/mol. The van der Waals surface area contributed by atoms with Crippen molar-refractivity contribution in [2.45, 2.75) is 12.5 Å². The van der Waals surface area contributed by atoms with Crippen LogP contribution in [0.15, 0.2) is 24.3 Å². The third-order valence-corrected chi connectivity index (χ3v) is 3.41. The smallest absolute Gasteiger partial charge is 0.254 e. The molecule has 1 aromatic heterocycles. The van der Waals surface area contributed by atoms with E-state index in [9.17, 15) is 20.1 Å². The number of rotatable bonds is 5. The van der Waals surface area contributed by atoms with Gasteiger partial charge in [-0.05, 0) is 13.0 Å². The van der Waals surface area contributed by atoms with Crippen LogP contribution >= 0.6 is 0 Å². The highest BCUT2D eigenvalue weighted by atomic mass is 16.3. The summed E-state index contributed by atoms with van der Waals surface area (Å²) in [5.74, 6) is -0.447. The minimum atomic E-state index is -1.43. The first-order valence-electron chi connectivity index (χ1n) is 6.29.